The van der Waals surface area contributed by atoms with Crippen LogP contribution in [-0.2, 0) is 19.5 Å². The summed E-state index contributed by atoms with van der Waals surface area (Å²) in [5, 5.41) is 0. The summed E-state index contributed by atoms with van der Waals surface area (Å²) in [4.78, 5) is 25.8. The number of amides is 1. The first kappa shape index (κ1) is 26.5. The molecular formula is C25H32N2O7S. The van der Waals surface area contributed by atoms with Crippen molar-refractivity contribution in [3.05, 3.63) is 53.1 Å². The molecule has 2 aromatic carbocycles. The molecule has 9 nitrogen and oxygen atoms in total. The average Bonchev–Trinajstić information content (AvgIpc) is 2.77. The maximum atomic E-state index is 13.7. The van der Waals surface area contributed by atoms with Gasteiger partial charge in [0.05, 0.1) is 12.7 Å². The second-order valence-corrected chi connectivity index (χ2v) is 11.4. The lowest BCUT2D eigenvalue weighted by molar-refractivity contribution is 0.0192. The number of nitrogens with zero attached hydrogens (tertiary/aromatic N) is 2. The molecule has 1 saturated heterocycles. The highest BCUT2D eigenvalue weighted by molar-refractivity contribution is 7.89. The molecular weight excluding hydrogens is 472 g/mol. The highest BCUT2D eigenvalue weighted by Gasteiger charge is 2.34. The standard InChI is InChI=1S/C25H32N2O7S/c1-17-13-18(2)15-20(14-17)33-21-8-7-19(23(28)32-6)16-22(21)35(30,31)27-11-9-26(10-12-27)24(29)34-25(3,4)5/h7-8,13-16H,9-12H2,1-6H3. The van der Waals surface area contributed by atoms with Gasteiger partial charge in [-0.05, 0) is 76.1 Å². The minimum absolute atomic E-state index is 0.0764. The van der Waals surface area contributed by atoms with Crippen molar-refractivity contribution in [2.24, 2.45) is 0 Å². The van der Waals surface area contributed by atoms with E-state index in [1.807, 2.05) is 19.9 Å². The van der Waals surface area contributed by atoms with Crippen molar-refractivity contribution in [3.63, 3.8) is 0 Å². The second kappa shape index (κ2) is 10.2. The SMILES string of the molecule is COC(=O)c1ccc(Oc2cc(C)cc(C)c2)c(S(=O)(=O)N2CCN(C(=O)OC(C)(C)C)CC2)c1. The lowest BCUT2D eigenvalue weighted by atomic mass is 10.1. The van der Waals surface area contributed by atoms with E-state index in [0.717, 1.165) is 11.1 Å². The van der Waals surface area contributed by atoms with Gasteiger partial charge in [0.15, 0.2) is 0 Å². The van der Waals surface area contributed by atoms with Gasteiger partial charge in [-0.3, -0.25) is 0 Å². The molecule has 0 bridgehead atoms. The lowest BCUT2D eigenvalue weighted by Gasteiger charge is -2.35. The topological polar surface area (TPSA) is 102 Å². The first-order valence-corrected chi connectivity index (χ1v) is 12.7. The number of hydrogen-bond acceptors (Lipinski definition) is 7. The van der Waals surface area contributed by atoms with Gasteiger partial charge in [0.25, 0.3) is 0 Å². The Labute approximate surface area is 206 Å². The maximum Gasteiger partial charge on any atom is 0.410 e. The fraction of sp³-hybridized carbons (Fsp3) is 0.440. The summed E-state index contributed by atoms with van der Waals surface area (Å²) in [5.41, 5.74) is 1.38. The molecule has 0 spiro atoms. The van der Waals surface area contributed by atoms with Crippen LogP contribution in [0.25, 0.3) is 0 Å². The number of ether oxygens (including phenoxy) is 3. The van der Waals surface area contributed by atoms with Gasteiger partial charge in [-0.2, -0.15) is 4.31 Å². The smallest absolute Gasteiger partial charge is 0.410 e. The highest BCUT2D eigenvalue weighted by Crippen LogP contribution is 2.33. The molecule has 1 fully saturated rings. The van der Waals surface area contributed by atoms with Gasteiger partial charge in [-0.25, -0.2) is 18.0 Å². The van der Waals surface area contributed by atoms with E-state index in [9.17, 15) is 18.0 Å². The van der Waals surface area contributed by atoms with Crippen LogP contribution in [0, 0.1) is 13.8 Å². The fourth-order valence-electron chi connectivity index (χ4n) is 3.73. The van der Waals surface area contributed by atoms with E-state index < -0.39 is 27.7 Å². The molecule has 0 aromatic heterocycles. The van der Waals surface area contributed by atoms with Crippen LogP contribution in [0.4, 0.5) is 4.79 Å². The van der Waals surface area contributed by atoms with Crippen molar-refractivity contribution in [2.45, 2.75) is 45.1 Å². The lowest BCUT2D eigenvalue weighted by Crippen LogP contribution is -2.51. The number of esters is 1. The third-order valence-corrected chi connectivity index (χ3v) is 7.22. The van der Waals surface area contributed by atoms with Crippen LogP contribution in [0.1, 0.15) is 42.3 Å². The van der Waals surface area contributed by atoms with Crippen molar-refractivity contribution in [3.8, 4) is 11.5 Å². The van der Waals surface area contributed by atoms with Crippen molar-refractivity contribution in [1.29, 1.82) is 0 Å². The molecule has 1 aliphatic rings. The molecule has 190 valence electrons. The predicted molar refractivity (Wildman–Crippen MR) is 130 cm³/mol. The Hall–Kier alpha value is -3.11. The highest BCUT2D eigenvalue weighted by atomic mass is 32.2. The average molecular weight is 505 g/mol. The third kappa shape index (κ3) is 6.52. The largest absolute Gasteiger partial charge is 0.465 e. The molecule has 1 aliphatic heterocycles. The van der Waals surface area contributed by atoms with Crippen molar-refractivity contribution >= 4 is 22.1 Å². The van der Waals surface area contributed by atoms with Gasteiger partial charge in [0.1, 0.15) is 22.0 Å². The van der Waals surface area contributed by atoms with Gasteiger partial charge in [0.2, 0.25) is 10.0 Å². The van der Waals surface area contributed by atoms with Crippen LogP contribution in [0.5, 0.6) is 11.5 Å². The molecule has 0 N–H and O–H groups in total. The van der Waals surface area contributed by atoms with Crippen LogP contribution >= 0.6 is 0 Å². The zero-order chi connectivity index (χ0) is 26.0. The summed E-state index contributed by atoms with van der Waals surface area (Å²) in [6.45, 7) is 9.67. The normalized spacial score (nSPS) is 15.0. The van der Waals surface area contributed by atoms with E-state index in [0.29, 0.717) is 5.75 Å². The van der Waals surface area contributed by atoms with E-state index in [1.54, 1.807) is 32.9 Å². The molecule has 10 heteroatoms. The number of hydrogen-bond donors (Lipinski definition) is 0. The van der Waals surface area contributed by atoms with Crippen molar-refractivity contribution in [2.75, 3.05) is 33.3 Å². The van der Waals surface area contributed by atoms with Crippen molar-refractivity contribution in [1.82, 2.24) is 9.21 Å². The molecule has 3 rings (SSSR count). The van der Waals surface area contributed by atoms with Gasteiger partial charge < -0.3 is 19.1 Å². The molecule has 0 radical (unpaired) electrons. The zero-order valence-electron chi connectivity index (χ0n) is 21.0. The number of methoxy groups -OCH3 is 1. The monoisotopic (exact) mass is 504 g/mol. The minimum Gasteiger partial charge on any atom is -0.465 e. The number of piperazine rings is 1. The number of benzene rings is 2. The van der Waals surface area contributed by atoms with Crippen LogP contribution in [0.3, 0.4) is 0 Å². The maximum absolute atomic E-state index is 13.7. The Balaban J connectivity index is 1.90. The number of carbonyl (C=O) groups is 2. The quantitative estimate of drug-likeness (QED) is 0.564. The Bertz CT molecular complexity index is 1190. The van der Waals surface area contributed by atoms with Gasteiger partial charge in [-0.1, -0.05) is 6.07 Å². The van der Waals surface area contributed by atoms with E-state index in [-0.39, 0.29) is 42.4 Å². The van der Waals surface area contributed by atoms with E-state index in [4.69, 9.17) is 14.2 Å². The molecule has 1 amide bonds. The van der Waals surface area contributed by atoms with Crippen LogP contribution < -0.4 is 4.74 Å². The number of rotatable bonds is 5. The molecule has 0 aliphatic carbocycles. The van der Waals surface area contributed by atoms with Crippen molar-refractivity contribution < 1.29 is 32.2 Å². The molecule has 0 unspecified atom stereocenters. The predicted octanol–water partition coefficient (Wildman–Crippen LogP) is 4.12. The second-order valence-electron chi connectivity index (χ2n) is 9.45. The Morgan fingerprint density at radius 2 is 1.51 bits per heavy atom. The molecule has 1 heterocycles. The molecule has 35 heavy (non-hydrogen) atoms. The third-order valence-electron chi connectivity index (χ3n) is 5.30. The summed E-state index contributed by atoms with van der Waals surface area (Å²) in [5.74, 6) is -0.0779. The zero-order valence-corrected chi connectivity index (χ0v) is 21.8. The Morgan fingerprint density at radius 1 is 0.914 bits per heavy atom. The summed E-state index contributed by atoms with van der Waals surface area (Å²) in [6, 6.07) is 9.76. The Morgan fingerprint density at radius 3 is 2.06 bits per heavy atom. The van der Waals surface area contributed by atoms with Crippen LogP contribution in [0.2, 0.25) is 0 Å². The number of aryl methyl sites for hydroxylation is 2. The van der Waals surface area contributed by atoms with E-state index >= 15 is 0 Å². The summed E-state index contributed by atoms with van der Waals surface area (Å²) in [6.07, 6.45) is -0.485. The minimum atomic E-state index is -4.06. The first-order chi connectivity index (χ1) is 16.3. The number of sulfonamides is 1. The van der Waals surface area contributed by atoms with Gasteiger partial charge in [-0.15, -0.1) is 0 Å². The molecule has 0 saturated carbocycles. The summed E-state index contributed by atoms with van der Waals surface area (Å²) >= 11 is 0. The summed E-state index contributed by atoms with van der Waals surface area (Å²) < 4.78 is 44.7. The molecule has 2 aromatic rings. The first-order valence-electron chi connectivity index (χ1n) is 11.3. The van der Waals surface area contributed by atoms with Gasteiger partial charge in [0, 0.05) is 26.2 Å². The fourth-order valence-corrected chi connectivity index (χ4v) is 5.30. The summed E-state index contributed by atoms with van der Waals surface area (Å²) in [7, 11) is -2.83. The van der Waals surface area contributed by atoms with Crippen LogP contribution in [-0.4, -0.2) is 68.6 Å². The van der Waals surface area contributed by atoms with E-state index in [2.05, 4.69) is 0 Å². The number of carbonyl (C=O) groups excluding carboxylic acids is 2. The van der Waals surface area contributed by atoms with Gasteiger partial charge >= 0.3 is 12.1 Å². The van der Waals surface area contributed by atoms with E-state index in [1.165, 1.54) is 34.5 Å². The Kier molecular flexibility index (Phi) is 7.76. The molecule has 0 atom stereocenters. The van der Waals surface area contributed by atoms with Crippen LogP contribution in [0.15, 0.2) is 41.3 Å².